The third-order valence-corrected chi connectivity index (χ3v) is 3.37. The van der Waals surface area contributed by atoms with Crippen LogP contribution in [0.15, 0.2) is 0 Å². The van der Waals surface area contributed by atoms with Crippen LogP contribution < -0.4 is 5.73 Å². The minimum Gasteiger partial charge on any atom is -0.330 e. The Hall–Kier alpha value is -0.0400. The van der Waals surface area contributed by atoms with Gasteiger partial charge in [-0.25, -0.2) is 0 Å². The Morgan fingerprint density at radius 3 is 1.93 bits per heavy atom. The van der Waals surface area contributed by atoms with E-state index >= 15 is 0 Å². The van der Waals surface area contributed by atoms with Crippen LogP contribution in [0.1, 0.15) is 67.2 Å². The second-order valence-electron chi connectivity index (χ2n) is 3.98. The van der Waals surface area contributed by atoms with Gasteiger partial charge in [0, 0.05) is 0 Å². The van der Waals surface area contributed by atoms with E-state index in [2.05, 4.69) is 13.8 Å². The highest BCUT2D eigenvalue weighted by Crippen LogP contribution is 2.35. The van der Waals surface area contributed by atoms with Gasteiger partial charge in [-0.05, 0) is 24.3 Å². The van der Waals surface area contributed by atoms with Crippen LogP contribution >= 0.6 is 0 Å². The van der Waals surface area contributed by atoms with Gasteiger partial charge in [-0.1, -0.05) is 67.2 Å². The normalized spacial score (nSPS) is 29.4. The molecule has 0 spiro atoms. The summed E-state index contributed by atoms with van der Waals surface area (Å²) in [5.41, 5.74) is 5.76. The average molecular weight is 215 g/mol. The molecule has 1 fully saturated rings. The molecule has 1 aliphatic rings. The standard InChI is InChI=1S/C10H21N.2C2H6/c1-3-9-6-4-5-8(2)10(9)7-11;2*1-2/h8-10H,3-7,11H2,1-2H3;2*1-2H3. The van der Waals surface area contributed by atoms with Crippen LogP contribution in [0.4, 0.5) is 0 Å². The molecule has 1 nitrogen and oxygen atoms in total. The molecule has 94 valence electrons. The number of hydrogen-bond donors (Lipinski definition) is 1. The van der Waals surface area contributed by atoms with Gasteiger partial charge in [0.2, 0.25) is 0 Å². The summed E-state index contributed by atoms with van der Waals surface area (Å²) in [6, 6.07) is 0. The van der Waals surface area contributed by atoms with Crippen LogP contribution in [0.5, 0.6) is 0 Å². The first-order valence-electron chi connectivity index (χ1n) is 6.99. The lowest BCUT2D eigenvalue weighted by atomic mass is 9.72. The first-order valence-corrected chi connectivity index (χ1v) is 6.99. The molecule has 0 aromatic heterocycles. The van der Waals surface area contributed by atoms with Crippen molar-refractivity contribution in [2.45, 2.75) is 67.2 Å². The van der Waals surface area contributed by atoms with Crippen molar-refractivity contribution in [2.75, 3.05) is 6.54 Å². The molecular formula is C14H33N. The van der Waals surface area contributed by atoms with E-state index in [1.807, 2.05) is 27.7 Å². The zero-order valence-corrected chi connectivity index (χ0v) is 11.8. The fourth-order valence-electron chi connectivity index (χ4n) is 2.53. The highest BCUT2D eigenvalue weighted by molar-refractivity contribution is 4.79. The summed E-state index contributed by atoms with van der Waals surface area (Å²) >= 11 is 0. The second-order valence-corrected chi connectivity index (χ2v) is 3.98. The van der Waals surface area contributed by atoms with Gasteiger partial charge in [0.05, 0.1) is 0 Å². The van der Waals surface area contributed by atoms with Crippen LogP contribution in [0.3, 0.4) is 0 Å². The van der Waals surface area contributed by atoms with Crippen molar-refractivity contribution in [1.82, 2.24) is 0 Å². The van der Waals surface area contributed by atoms with E-state index in [0.29, 0.717) is 0 Å². The maximum absolute atomic E-state index is 5.76. The van der Waals surface area contributed by atoms with Crippen molar-refractivity contribution in [3.05, 3.63) is 0 Å². The van der Waals surface area contributed by atoms with Gasteiger partial charge in [0.15, 0.2) is 0 Å². The second kappa shape index (κ2) is 12.0. The smallest absolute Gasteiger partial charge is 0.00437 e. The van der Waals surface area contributed by atoms with Gasteiger partial charge in [-0.3, -0.25) is 0 Å². The molecule has 3 atom stereocenters. The SMILES string of the molecule is CC.CC.CCC1CCCC(C)C1CN. The summed E-state index contributed by atoms with van der Waals surface area (Å²) in [4.78, 5) is 0. The zero-order chi connectivity index (χ0) is 12.3. The first kappa shape index (κ1) is 17.4. The van der Waals surface area contributed by atoms with Crippen LogP contribution in [-0.4, -0.2) is 6.54 Å². The van der Waals surface area contributed by atoms with E-state index in [0.717, 1.165) is 24.3 Å². The lowest BCUT2D eigenvalue weighted by Crippen LogP contribution is -2.32. The number of nitrogens with two attached hydrogens (primary N) is 1. The van der Waals surface area contributed by atoms with E-state index in [1.165, 1.54) is 25.7 Å². The fourth-order valence-corrected chi connectivity index (χ4v) is 2.53. The molecule has 1 saturated carbocycles. The topological polar surface area (TPSA) is 26.0 Å². The quantitative estimate of drug-likeness (QED) is 0.723. The van der Waals surface area contributed by atoms with Crippen LogP contribution in [0, 0.1) is 17.8 Å². The minimum absolute atomic E-state index is 0.814. The lowest BCUT2D eigenvalue weighted by Gasteiger charge is -2.35. The van der Waals surface area contributed by atoms with Crippen molar-refractivity contribution in [3.8, 4) is 0 Å². The molecule has 0 saturated heterocycles. The maximum Gasteiger partial charge on any atom is -0.00437 e. The molecule has 1 aliphatic carbocycles. The highest BCUT2D eigenvalue weighted by Gasteiger charge is 2.27. The van der Waals surface area contributed by atoms with Gasteiger partial charge in [0.1, 0.15) is 0 Å². The molecular weight excluding hydrogens is 182 g/mol. The Morgan fingerprint density at radius 2 is 1.60 bits per heavy atom. The Balaban J connectivity index is 0. The molecule has 3 unspecified atom stereocenters. The van der Waals surface area contributed by atoms with Crippen molar-refractivity contribution in [1.29, 1.82) is 0 Å². The Bertz CT molecular complexity index is 112. The lowest BCUT2D eigenvalue weighted by molar-refractivity contribution is 0.167. The molecule has 2 N–H and O–H groups in total. The van der Waals surface area contributed by atoms with E-state index in [1.54, 1.807) is 0 Å². The molecule has 0 aliphatic heterocycles. The summed E-state index contributed by atoms with van der Waals surface area (Å²) in [5, 5.41) is 0. The van der Waals surface area contributed by atoms with E-state index < -0.39 is 0 Å². The van der Waals surface area contributed by atoms with Crippen molar-refractivity contribution in [2.24, 2.45) is 23.5 Å². The van der Waals surface area contributed by atoms with Gasteiger partial charge < -0.3 is 5.73 Å². The Morgan fingerprint density at radius 1 is 1.07 bits per heavy atom. The Kier molecular flexibility index (Phi) is 13.9. The summed E-state index contributed by atoms with van der Waals surface area (Å²) in [7, 11) is 0. The molecule has 1 rings (SSSR count). The molecule has 15 heavy (non-hydrogen) atoms. The zero-order valence-electron chi connectivity index (χ0n) is 11.8. The summed E-state index contributed by atoms with van der Waals surface area (Å²) < 4.78 is 0. The molecule has 0 bridgehead atoms. The van der Waals surface area contributed by atoms with Crippen molar-refractivity contribution >= 4 is 0 Å². The van der Waals surface area contributed by atoms with Crippen LogP contribution in [-0.2, 0) is 0 Å². The summed E-state index contributed by atoms with van der Waals surface area (Å²) in [5.74, 6) is 2.61. The van der Waals surface area contributed by atoms with Gasteiger partial charge in [0.25, 0.3) is 0 Å². The van der Waals surface area contributed by atoms with Crippen molar-refractivity contribution in [3.63, 3.8) is 0 Å². The number of hydrogen-bond acceptors (Lipinski definition) is 1. The van der Waals surface area contributed by atoms with Gasteiger partial charge in [-0.15, -0.1) is 0 Å². The monoisotopic (exact) mass is 215 g/mol. The molecule has 0 aromatic carbocycles. The molecule has 0 heterocycles. The van der Waals surface area contributed by atoms with Gasteiger partial charge in [-0.2, -0.15) is 0 Å². The number of rotatable bonds is 2. The summed E-state index contributed by atoms with van der Waals surface area (Å²) in [6.07, 6.45) is 5.57. The first-order chi connectivity index (χ1) is 7.29. The van der Waals surface area contributed by atoms with Crippen molar-refractivity contribution < 1.29 is 0 Å². The largest absolute Gasteiger partial charge is 0.330 e. The van der Waals surface area contributed by atoms with E-state index in [4.69, 9.17) is 5.73 Å². The Labute approximate surface area is 97.8 Å². The molecule has 0 aromatic rings. The fraction of sp³-hybridized carbons (Fsp3) is 1.00. The van der Waals surface area contributed by atoms with Gasteiger partial charge >= 0.3 is 0 Å². The minimum atomic E-state index is 0.814. The van der Waals surface area contributed by atoms with Crippen LogP contribution in [0.2, 0.25) is 0 Å². The average Bonchev–Trinajstić information content (AvgIpc) is 2.33. The maximum atomic E-state index is 5.76. The molecule has 0 amide bonds. The molecule has 0 radical (unpaired) electrons. The summed E-state index contributed by atoms with van der Waals surface area (Å²) in [6.45, 7) is 13.6. The highest BCUT2D eigenvalue weighted by atomic mass is 14.6. The molecule has 1 heteroatoms. The predicted molar refractivity (Wildman–Crippen MR) is 72.0 cm³/mol. The third kappa shape index (κ3) is 6.19. The van der Waals surface area contributed by atoms with Crippen LogP contribution in [0.25, 0.3) is 0 Å². The van der Waals surface area contributed by atoms with E-state index in [-0.39, 0.29) is 0 Å². The third-order valence-electron chi connectivity index (χ3n) is 3.37. The predicted octanol–water partition coefficient (Wildman–Crippen LogP) is 4.46. The van der Waals surface area contributed by atoms with E-state index in [9.17, 15) is 0 Å².